The zero-order valence-corrected chi connectivity index (χ0v) is 17.6. The first-order valence-corrected chi connectivity index (χ1v) is 9.57. The Kier molecular flexibility index (Phi) is 5.65. The zero-order valence-electron chi connectivity index (χ0n) is 17.6. The third-order valence-electron chi connectivity index (χ3n) is 5.79. The Morgan fingerprint density at radius 3 is 2.47 bits per heavy atom. The average Bonchev–Trinajstić information content (AvgIpc) is 2.72. The number of ketones is 2. The van der Waals surface area contributed by atoms with Crippen LogP contribution in [0.2, 0.25) is 0 Å². The van der Waals surface area contributed by atoms with Crippen molar-refractivity contribution >= 4 is 29.4 Å². The van der Waals surface area contributed by atoms with E-state index in [4.69, 9.17) is 9.47 Å². The molecule has 0 radical (unpaired) electrons. The van der Waals surface area contributed by atoms with E-state index in [1.54, 1.807) is 19.9 Å². The summed E-state index contributed by atoms with van der Waals surface area (Å²) in [5.74, 6) is -2.37. The van der Waals surface area contributed by atoms with Crippen molar-refractivity contribution < 1.29 is 33.4 Å². The van der Waals surface area contributed by atoms with E-state index in [0.717, 1.165) is 0 Å². The molecular formula is C21H24N2O7. The highest BCUT2D eigenvalue weighted by atomic mass is 16.5. The van der Waals surface area contributed by atoms with Crippen LogP contribution in [0.1, 0.15) is 27.2 Å². The Balaban J connectivity index is 2.09. The van der Waals surface area contributed by atoms with Gasteiger partial charge in [-0.15, -0.1) is 0 Å². The van der Waals surface area contributed by atoms with Crippen LogP contribution in [0.5, 0.6) is 0 Å². The van der Waals surface area contributed by atoms with Crippen molar-refractivity contribution in [2.75, 3.05) is 27.3 Å². The number of piperazine rings is 1. The van der Waals surface area contributed by atoms with Gasteiger partial charge in [-0.25, -0.2) is 4.79 Å². The number of hydrogen-bond donors (Lipinski definition) is 0. The lowest BCUT2D eigenvalue weighted by Crippen LogP contribution is -2.65. The largest absolute Gasteiger partial charge is 0.492 e. The van der Waals surface area contributed by atoms with E-state index in [0.29, 0.717) is 5.57 Å². The number of hydrogen-bond acceptors (Lipinski definition) is 7. The van der Waals surface area contributed by atoms with Gasteiger partial charge in [-0.2, -0.15) is 0 Å². The molecular weight excluding hydrogens is 392 g/mol. The molecule has 0 aromatic heterocycles. The average molecular weight is 416 g/mol. The van der Waals surface area contributed by atoms with Gasteiger partial charge in [-0.1, -0.05) is 6.08 Å². The van der Waals surface area contributed by atoms with Crippen molar-refractivity contribution in [3.63, 3.8) is 0 Å². The number of fused-ring (bicyclic) bond motifs is 1. The molecule has 2 amide bonds. The third-order valence-corrected chi connectivity index (χ3v) is 5.79. The molecule has 3 aliphatic rings. The molecule has 1 saturated heterocycles. The lowest BCUT2D eigenvalue weighted by atomic mass is 9.77. The van der Waals surface area contributed by atoms with Crippen LogP contribution in [-0.4, -0.2) is 78.5 Å². The summed E-state index contributed by atoms with van der Waals surface area (Å²) in [7, 11) is 2.80. The molecule has 2 heterocycles. The molecule has 3 rings (SSSR count). The van der Waals surface area contributed by atoms with Crippen molar-refractivity contribution in [2.45, 2.75) is 39.3 Å². The summed E-state index contributed by atoms with van der Waals surface area (Å²) in [5.41, 5.74) is 0.727. The van der Waals surface area contributed by atoms with Gasteiger partial charge in [-0.3, -0.25) is 19.2 Å². The SMILES string of the molecule is C/C=C(/C)C(=O)OC[C@H]1C2=C(CC3C(=O)N(C)CC(=O)N31)C(=O)C(C)=C(OC)C2=O. The smallest absolute Gasteiger partial charge is 0.333 e. The fraction of sp³-hybridized carbons (Fsp3) is 0.476. The van der Waals surface area contributed by atoms with Crippen LogP contribution in [0.3, 0.4) is 0 Å². The quantitative estimate of drug-likeness (QED) is 0.368. The number of carbonyl (C=O) groups is 5. The zero-order chi connectivity index (χ0) is 22.3. The number of allylic oxidation sites excluding steroid dienone is 3. The van der Waals surface area contributed by atoms with Crippen molar-refractivity contribution in [2.24, 2.45) is 0 Å². The first-order chi connectivity index (χ1) is 14.1. The van der Waals surface area contributed by atoms with Gasteiger partial charge in [0.15, 0.2) is 11.5 Å². The molecule has 30 heavy (non-hydrogen) atoms. The molecule has 1 unspecified atom stereocenters. The number of likely N-dealkylation sites (N-methyl/N-ethyl adjacent to an activating group) is 1. The number of carbonyl (C=O) groups excluding carboxylic acids is 5. The van der Waals surface area contributed by atoms with Gasteiger partial charge in [0.1, 0.15) is 12.6 Å². The summed E-state index contributed by atoms with van der Waals surface area (Å²) >= 11 is 0. The van der Waals surface area contributed by atoms with Crippen molar-refractivity contribution in [1.82, 2.24) is 9.80 Å². The topological polar surface area (TPSA) is 110 Å². The van der Waals surface area contributed by atoms with Crippen molar-refractivity contribution in [1.29, 1.82) is 0 Å². The Labute approximate surface area is 174 Å². The van der Waals surface area contributed by atoms with Crippen LogP contribution < -0.4 is 0 Å². The molecule has 0 bridgehead atoms. The fourth-order valence-corrected chi connectivity index (χ4v) is 4.05. The summed E-state index contributed by atoms with van der Waals surface area (Å²) in [6, 6.07) is -1.98. The predicted molar refractivity (Wildman–Crippen MR) is 104 cm³/mol. The molecule has 1 aliphatic carbocycles. The van der Waals surface area contributed by atoms with Crippen LogP contribution >= 0.6 is 0 Å². The highest BCUT2D eigenvalue weighted by Crippen LogP contribution is 2.38. The second-order valence-electron chi connectivity index (χ2n) is 7.51. The Morgan fingerprint density at radius 2 is 1.87 bits per heavy atom. The third kappa shape index (κ3) is 3.24. The van der Waals surface area contributed by atoms with Crippen LogP contribution in [0, 0.1) is 0 Å². The number of rotatable bonds is 4. The van der Waals surface area contributed by atoms with Crippen LogP contribution in [0.15, 0.2) is 34.1 Å². The van der Waals surface area contributed by atoms with E-state index >= 15 is 0 Å². The molecule has 1 fully saturated rings. The van der Waals surface area contributed by atoms with Crippen LogP contribution in [0.25, 0.3) is 0 Å². The van der Waals surface area contributed by atoms with Gasteiger partial charge in [-0.05, 0) is 20.8 Å². The summed E-state index contributed by atoms with van der Waals surface area (Å²) < 4.78 is 10.5. The maximum absolute atomic E-state index is 13.1. The number of amides is 2. The highest BCUT2D eigenvalue weighted by Gasteiger charge is 2.51. The Bertz CT molecular complexity index is 956. The monoisotopic (exact) mass is 416 g/mol. The van der Waals surface area contributed by atoms with E-state index in [-0.39, 0.29) is 53.9 Å². The molecule has 9 nitrogen and oxygen atoms in total. The minimum absolute atomic E-state index is 0.0512. The summed E-state index contributed by atoms with van der Waals surface area (Å²) in [5, 5.41) is 0. The van der Waals surface area contributed by atoms with E-state index < -0.39 is 29.6 Å². The highest BCUT2D eigenvalue weighted by molar-refractivity contribution is 6.25. The summed E-state index contributed by atoms with van der Waals surface area (Å²) in [4.78, 5) is 66.4. The molecule has 0 aromatic carbocycles. The first kappa shape index (κ1) is 21.5. The maximum Gasteiger partial charge on any atom is 0.333 e. The van der Waals surface area contributed by atoms with Crippen molar-refractivity contribution in [3.05, 3.63) is 34.1 Å². The van der Waals surface area contributed by atoms with E-state index in [9.17, 15) is 24.0 Å². The molecule has 0 N–H and O–H groups in total. The van der Waals surface area contributed by atoms with Crippen LogP contribution in [-0.2, 0) is 33.4 Å². The van der Waals surface area contributed by atoms with Gasteiger partial charge in [0.2, 0.25) is 17.6 Å². The lowest BCUT2D eigenvalue weighted by Gasteiger charge is -2.47. The van der Waals surface area contributed by atoms with E-state index in [1.807, 2.05) is 0 Å². The lowest BCUT2D eigenvalue weighted by molar-refractivity contribution is -0.160. The van der Waals surface area contributed by atoms with Gasteiger partial charge in [0, 0.05) is 35.8 Å². The van der Waals surface area contributed by atoms with E-state index in [2.05, 4.69) is 0 Å². The number of esters is 1. The predicted octanol–water partition coefficient (Wildman–Crippen LogP) is 0.306. The molecule has 2 atom stereocenters. The summed E-state index contributed by atoms with van der Waals surface area (Å²) in [6.45, 7) is 4.23. The number of ether oxygens (including phenoxy) is 2. The molecule has 2 aliphatic heterocycles. The minimum Gasteiger partial charge on any atom is -0.492 e. The van der Waals surface area contributed by atoms with Crippen LogP contribution in [0.4, 0.5) is 0 Å². The first-order valence-electron chi connectivity index (χ1n) is 9.57. The van der Waals surface area contributed by atoms with Gasteiger partial charge >= 0.3 is 5.97 Å². The molecule has 160 valence electrons. The number of methoxy groups -OCH3 is 1. The number of Topliss-reactive ketones (excluding diaryl/α,β-unsaturated/α-hetero) is 2. The van der Waals surface area contributed by atoms with Gasteiger partial charge < -0.3 is 19.3 Å². The second-order valence-corrected chi connectivity index (χ2v) is 7.51. The second kappa shape index (κ2) is 7.89. The normalized spacial score (nSPS) is 24.9. The maximum atomic E-state index is 13.1. The van der Waals surface area contributed by atoms with E-state index in [1.165, 1.54) is 30.9 Å². The molecule has 9 heteroatoms. The number of nitrogens with zero attached hydrogens (tertiary/aromatic N) is 2. The van der Waals surface area contributed by atoms with Gasteiger partial charge in [0.25, 0.3) is 0 Å². The fourth-order valence-electron chi connectivity index (χ4n) is 4.05. The van der Waals surface area contributed by atoms with Gasteiger partial charge in [0.05, 0.1) is 19.7 Å². The van der Waals surface area contributed by atoms with Crippen molar-refractivity contribution in [3.8, 4) is 0 Å². The standard InChI is InChI=1S/C21H24N2O7/c1-6-10(2)21(28)30-9-14-16-12(17(25)11(3)19(29-5)18(16)26)7-13-20(27)22(4)8-15(24)23(13)14/h6,13-14H,7-9H2,1-5H3/b10-6-/t13?,14-/m0/s1. The molecule has 0 saturated carbocycles. The Hall–Kier alpha value is -3.23. The minimum atomic E-state index is -1.05. The molecule has 0 spiro atoms. The molecule has 0 aromatic rings. The summed E-state index contributed by atoms with van der Waals surface area (Å²) in [6.07, 6.45) is 1.51. The Morgan fingerprint density at radius 1 is 1.20 bits per heavy atom.